The third kappa shape index (κ3) is 7.26. The summed E-state index contributed by atoms with van der Waals surface area (Å²) in [6.45, 7) is 0. The first-order chi connectivity index (χ1) is 21.2. The minimum absolute atomic E-state index is 0.0329. The standard InChI is InChI=1S/C27H6Cl14S4/c28-12-7(2-1-6-5-44-27(45-6)26-42-3-4-43-26)13(29)15(31)9(14(12)30)8(10-16(32)20(36)24(40)21(37)17(10)33)11-18(34)22(38)25(41)23(39)19(11)35/h1-5,8H/b2-1+. The van der Waals surface area contributed by atoms with Crippen LogP contribution in [0.15, 0.2) is 35.7 Å². The number of benzene rings is 3. The van der Waals surface area contributed by atoms with Crippen LogP contribution in [0, 0.1) is 0 Å². The summed E-state index contributed by atoms with van der Waals surface area (Å²) in [7, 11) is 0. The molecular weight excluding hydrogens is 949 g/mol. The van der Waals surface area contributed by atoms with Crippen molar-refractivity contribution in [1.29, 1.82) is 0 Å². The first kappa shape index (κ1) is 38.3. The van der Waals surface area contributed by atoms with Gasteiger partial charge in [-0.1, -0.05) is 216 Å². The molecule has 2 aliphatic rings. The molecule has 236 valence electrons. The number of hydrogen-bond donors (Lipinski definition) is 0. The predicted octanol–water partition coefficient (Wildman–Crippen LogP) is 18.4. The van der Waals surface area contributed by atoms with Crippen molar-refractivity contribution in [3.05, 3.63) is 128 Å². The molecule has 2 aliphatic heterocycles. The Kier molecular flexibility index (Phi) is 13.4. The zero-order chi connectivity index (χ0) is 33.1. The van der Waals surface area contributed by atoms with Crippen LogP contribution in [0.4, 0.5) is 0 Å². The maximum atomic E-state index is 7.00. The van der Waals surface area contributed by atoms with Gasteiger partial charge >= 0.3 is 0 Å². The van der Waals surface area contributed by atoms with Crippen LogP contribution in [0.5, 0.6) is 0 Å². The van der Waals surface area contributed by atoms with Crippen LogP contribution in [0.3, 0.4) is 0 Å². The molecule has 5 rings (SSSR count). The lowest BCUT2D eigenvalue weighted by Crippen LogP contribution is -2.11. The van der Waals surface area contributed by atoms with Crippen LogP contribution >= 0.6 is 209 Å². The van der Waals surface area contributed by atoms with E-state index in [9.17, 15) is 0 Å². The molecule has 3 aromatic carbocycles. The second-order valence-electron chi connectivity index (χ2n) is 8.64. The molecule has 0 aliphatic carbocycles. The van der Waals surface area contributed by atoms with Crippen molar-refractivity contribution in [2.75, 3.05) is 0 Å². The van der Waals surface area contributed by atoms with Gasteiger partial charge in [-0.3, -0.25) is 0 Å². The third-order valence-electron chi connectivity index (χ3n) is 6.16. The van der Waals surface area contributed by atoms with Gasteiger partial charge in [-0.25, -0.2) is 0 Å². The van der Waals surface area contributed by atoms with E-state index >= 15 is 0 Å². The first-order valence-corrected chi connectivity index (χ1v) is 20.3. The van der Waals surface area contributed by atoms with Gasteiger partial charge in [-0.05, 0) is 22.3 Å². The van der Waals surface area contributed by atoms with Gasteiger partial charge < -0.3 is 0 Å². The van der Waals surface area contributed by atoms with E-state index in [4.69, 9.17) is 162 Å². The Morgan fingerprint density at radius 1 is 0.400 bits per heavy atom. The fourth-order valence-electron chi connectivity index (χ4n) is 4.15. The van der Waals surface area contributed by atoms with E-state index < -0.39 is 5.92 Å². The first-order valence-electron chi connectivity index (χ1n) is 11.5. The van der Waals surface area contributed by atoms with E-state index in [0.717, 1.165) is 4.91 Å². The zero-order valence-corrected chi connectivity index (χ0v) is 34.7. The smallest absolute Gasteiger partial charge is 0.0809 e. The number of allylic oxidation sites excluding steroid dienone is 1. The van der Waals surface area contributed by atoms with Gasteiger partial charge in [0.25, 0.3) is 0 Å². The zero-order valence-electron chi connectivity index (χ0n) is 20.9. The van der Waals surface area contributed by atoms with Crippen molar-refractivity contribution in [2.24, 2.45) is 0 Å². The Hall–Kier alpha value is 2.08. The van der Waals surface area contributed by atoms with Crippen molar-refractivity contribution in [2.45, 2.75) is 5.92 Å². The second-order valence-corrected chi connectivity index (χ2v) is 18.2. The minimum atomic E-state index is -1.24. The van der Waals surface area contributed by atoms with Gasteiger partial charge in [0.2, 0.25) is 0 Å². The quantitative estimate of drug-likeness (QED) is 0.142. The van der Waals surface area contributed by atoms with E-state index in [1.54, 1.807) is 53.1 Å². The molecule has 0 atom stereocenters. The lowest BCUT2D eigenvalue weighted by Gasteiger charge is -2.28. The van der Waals surface area contributed by atoms with Gasteiger partial charge in [0.05, 0.1) is 78.8 Å². The molecule has 0 saturated carbocycles. The lowest BCUT2D eigenvalue weighted by atomic mass is 9.84. The van der Waals surface area contributed by atoms with E-state index in [1.165, 1.54) is 8.47 Å². The summed E-state index contributed by atoms with van der Waals surface area (Å²) >= 11 is 99.9. The number of thioether (sulfide) groups is 4. The highest BCUT2D eigenvalue weighted by Gasteiger charge is 2.37. The summed E-state index contributed by atoms with van der Waals surface area (Å²) in [6.07, 6.45) is 3.58. The molecule has 0 amide bonds. The summed E-state index contributed by atoms with van der Waals surface area (Å²) in [5.74, 6) is -1.24. The topological polar surface area (TPSA) is 0 Å². The van der Waals surface area contributed by atoms with Gasteiger partial charge in [-0.15, -0.1) is 0 Å². The fourth-order valence-corrected chi connectivity index (χ4v) is 12.5. The molecule has 0 nitrogen and oxygen atoms in total. The molecule has 0 aromatic heterocycles. The van der Waals surface area contributed by atoms with Crippen LogP contribution < -0.4 is 0 Å². The Morgan fingerprint density at radius 2 is 0.756 bits per heavy atom. The van der Waals surface area contributed by atoms with E-state index in [-0.39, 0.29) is 87.0 Å². The lowest BCUT2D eigenvalue weighted by molar-refractivity contribution is 0.978. The second kappa shape index (κ2) is 15.8. The number of rotatable bonds is 5. The maximum absolute atomic E-state index is 7.00. The Balaban J connectivity index is 1.75. The van der Waals surface area contributed by atoms with Crippen LogP contribution in [0.2, 0.25) is 70.3 Å². The van der Waals surface area contributed by atoms with Crippen molar-refractivity contribution < 1.29 is 0 Å². The molecule has 0 fully saturated rings. The summed E-state index contributed by atoms with van der Waals surface area (Å²) in [5, 5.41) is 5.06. The molecule has 0 bridgehead atoms. The van der Waals surface area contributed by atoms with Crippen LogP contribution in [-0.4, -0.2) is 0 Å². The van der Waals surface area contributed by atoms with Crippen molar-refractivity contribution in [3.8, 4) is 0 Å². The van der Waals surface area contributed by atoms with Crippen LogP contribution in [0.1, 0.15) is 28.2 Å². The molecule has 3 aromatic rings. The Morgan fingerprint density at radius 3 is 1.16 bits per heavy atom. The molecule has 0 N–H and O–H groups in total. The molecule has 0 unspecified atom stereocenters. The molecule has 18 heteroatoms. The Labute approximate surface area is 345 Å². The maximum Gasteiger partial charge on any atom is 0.0809 e. The summed E-state index contributed by atoms with van der Waals surface area (Å²) < 4.78 is 2.38. The molecular formula is C27H6Cl14S4. The SMILES string of the molecule is Clc1c(Cl)c(Cl)c(C(c2c(Cl)c(Cl)c(Cl)c(Cl)c2Cl)c2c(Cl)c(Cl)c(/C=C/C3=CSC(=C4SC=CS4)S3)c(Cl)c2Cl)c(Cl)c1Cl. The highest BCUT2D eigenvalue weighted by molar-refractivity contribution is 8.33. The minimum Gasteiger partial charge on any atom is -0.0884 e. The van der Waals surface area contributed by atoms with E-state index in [1.807, 2.05) is 22.3 Å². The molecule has 0 spiro atoms. The number of halogens is 14. The fraction of sp³-hybridized carbons (Fsp3) is 0.0370. The largest absolute Gasteiger partial charge is 0.0884 e. The average Bonchev–Trinajstić information content (AvgIpc) is 3.73. The molecule has 0 radical (unpaired) electrons. The van der Waals surface area contributed by atoms with Crippen molar-refractivity contribution in [3.63, 3.8) is 0 Å². The van der Waals surface area contributed by atoms with Gasteiger partial charge in [0.15, 0.2) is 0 Å². The van der Waals surface area contributed by atoms with Crippen LogP contribution in [-0.2, 0) is 0 Å². The van der Waals surface area contributed by atoms with Crippen LogP contribution in [0.25, 0.3) is 6.08 Å². The normalized spacial score (nSPS) is 15.0. The van der Waals surface area contributed by atoms with Gasteiger partial charge in [-0.2, -0.15) is 0 Å². The average molecular weight is 955 g/mol. The Bertz CT molecular complexity index is 1750. The highest BCUT2D eigenvalue weighted by Crippen LogP contribution is 2.59. The molecule has 0 saturated heterocycles. The van der Waals surface area contributed by atoms with Crippen molar-refractivity contribution in [1.82, 2.24) is 0 Å². The third-order valence-corrected chi connectivity index (χ3v) is 17.5. The van der Waals surface area contributed by atoms with E-state index in [0.29, 0.717) is 5.56 Å². The van der Waals surface area contributed by atoms with Crippen molar-refractivity contribution >= 4 is 216 Å². The van der Waals surface area contributed by atoms with Gasteiger partial charge in [0, 0.05) is 33.1 Å². The molecule has 2 heterocycles. The molecule has 45 heavy (non-hydrogen) atoms. The highest BCUT2D eigenvalue weighted by atomic mass is 35.5. The monoisotopic (exact) mass is 947 g/mol. The predicted molar refractivity (Wildman–Crippen MR) is 214 cm³/mol. The summed E-state index contributed by atoms with van der Waals surface area (Å²) in [5.41, 5.74) is 0.583. The number of hydrogen-bond acceptors (Lipinski definition) is 4. The summed E-state index contributed by atoms with van der Waals surface area (Å²) in [4.78, 5) is 0.963. The summed E-state index contributed by atoms with van der Waals surface area (Å²) in [6, 6.07) is 0. The van der Waals surface area contributed by atoms with E-state index in [2.05, 4.69) is 0 Å². The van der Waals surface area contributed by atoms with Gasteiger partial charge in [0.1, 0.15) is 0 Å².